The van der Waals surface area contributed by atoms with Crippen molar-refractivity contribution < 1.29 is 15.0 Å². The number of aliphatic hydroxyl groups is 1. The van der Waals surface area contributed by atoms with Gasteiger partial charge in [-0.3, -0.25) is 25.1 Å². The van der Waals surface area contributed by atoms with Gasteiger partial charge in [0.2, 0.25) is 5.54 Å². The Bertz CT molecular complexity index is 490. The molecule has 0 aromatic heterocycles. The van der Waals surface area contributed by atoms with Crippen LogP contribution >= 0.6 is 0 Å². The highest BCUT2D eigenvalue weighted by Crippen LogP contribution is 2.44. The highest BCUT2D eigenvalue weighted by Gasteiger charge is 2.65. The first kappa shape index (κ1) is 15.8. The first-order chi connectivity index (χ1) is 9.81. The standard InChI is InChI=1S/C13H21N3O5/c1-3-11(6-17)14-8-12(15(18)19)5-4-10(2)13(7-12,9-14)16(20)21/h4,11,17H,3,5-9H2,1-2H3/t11-,12-,13+/m1/s1. The zero-order valence-electron chi connectivity index (χ0n) is 12.3. The number of hydrogen-bond donors (Lipinski definition) is 1. The van der Waals surface area contributed by atoms with E-state index in [1.54, 1.807) is 17.9 Å². The molecule has 1 saturated heterocycles. The van der Waals surface area contributed by atoms with Crippen molar-refractivity contribution in [3.8, 4) is 0 Å². The van der Waals surface area contributed by atoms with Crippen LogP contribution in [-0.2, 0) is 0 Å². The molecule has 0 aromatic carbocycles. The Balaban J connectivity index is 2.49. The van der Waals surface area contributed by atoms with Crippen LogP contribution in [0.4, 0.5) is 0 Å². The molecule has 8 nitrogen and oxygen atoms in total. The van der Waals surface area contributed by atoms with Crippen molar-refractivity contribution in [2.24, 2.45) is 0 Å². The first-order valence-corrected chi connectivity index (χ1v) is 7.12. The lowest BCUT2D eigenvalue weighted by atomic mass is 9.68. The van der Waals surface area contributed by atoms with Crippen LogP contribution in [0.3, 0.4) is 0 Å². The van der Waals surface area contributed by atoms with Gasteiger partial charge in [0, 0.05) is 27.9 Å². The molecule has 0 radical (unpaired) electrons. The van der Waals surface area contributed by atoms with Crippen LogP contribution in [0.2, 0.25) is 0 Å². The fraction of sp³-hybridized carbons (Fsp3) is 0.846. The molecule has 1 aliphatic carbocycles. The van der Waals surface area contributed by atoms with E-state index < -0.39 is 11.1 Å². The fourth-order valence-corrected chi connectivity index (χ4v) is 3.58. The second kappa shape index (κ2) is 5.34. The van der Waals surface area contributed by atoms with Crippen LogP contribution in [0, 0.1) is 20.2 Å². The largest absolute Gasteiger partial charge is 0.395 e. The fourth-order valence-electron chi connectivity index (χ4n) is 3.58. The van der Waals surface area contributed by atoms with Crippen molar-refractivity contribution in [1.29, 1.82) is 0 Å². The van der Waals surface area contributed by atoms with E-state index in [4.69, 9.17) is 0 Å². The van der Waals surface area contributed by atoms with Crippen LogP contribution in [-0.4, -0.2) is 56.7 Å². The minimum absolute atomic E-state index is 0.0688. The van der Waals surface area contributed by atoms with Crippen molar-refractivity contribution in [2.45, 2.75) is 50.2 Å². The average molecular weight is 299 g/mol. The van der Waals surface area contributed by atoms with Gasteiger partial charge < -0.3 is 5.11 Å². The smallest absolute Gasteiger partial charge is 0.262 e. The lowest BCUT2D eigenvalue weighted by Crippen LogP contribution is -2.68. The van der Waals surface area contributed by atoms with Crippen molar-refractivity contribution in [1.82, 2.24) is 4.90 Å². The molecule has 2 aliphatic rings. The molecule has 1 heterocycles. The second-order valence-electron chi connectivity index (χ2n) is 6.19. The summed E-state index contributed by atoms with van der Waals surface area (Å²) in [7, 11) is 0. The normalized spacial score (nSPS) is 34.1. The lowest BCUT2D eigenvalue weighted by Gasteiger charge is -2.47. The van der Waals surface area contributed by atoms with Gasteiger partial charge in [0.1, 0.15) is 0 Å². The predicted molar refractivity (Wildman–Crippen MR) is 75.2 cm³/mol. The van der Waals surface area contributed by atoms with Crippen molar-refractivity contribution >= 4 is 0 Å². The monoisotopic (exact) mass is 299 g/mol. The summed E-state index contributed by atoms with van der Waals surface area (Å²) in [5, 5.41) is 32.7. The maximum atomic E-state index is 11.7. The van der Waals surface area contributed by atoms with E-state index in [2.05, 4.69) is 0 Å². The Morgan fingerprint density at radius 1 is 1.38 bits per heavy atom. The van der Waals surface area contributed by atoms with Crippen LogP contribution in [0.15, 0.2) is 11.6 Å². The minimum atomic E-state index is -1.41. The minimum Gasteiger partial charge on any atom is -0.395 e. The van der Waals surface area contributed by atoms with E-state index in [1.807, 2.05) is 6.92 Å². The summed E-state index contributed by atoms with van der Waals surface area (Å²) < 4.78 is 0. The van der Waals surface area contributed by atoms with E-state index in [1.165, 1.54) is 0 Å². The zero-order chi connectivity index (χ0) is 15.8. The first-order valence-electron chi connectivity index (χ1n) is 7.12. The van der Waals surface area contributed by atoms with Gasteiger partial charge >= 0.3 is 0 Å². The molecular formula is C13H21N3O5. The maximum Gasteiger partial charge on any atom is 0.262 e. The Hall–Kier alpha value is -1.54. The number of rotatable bonds is 5. The number of hydrogen-bond acceptors (Lipinski definition) is 6. The Morgan fingerprint density at radius 2 is 2.05 bits per heavy atom. The van der Waals surface area contributed by atoms with Crippen molar-refractivity contribution in [3.63, 3.8) is 0 Å². The molecule has 0 saturated carbocycles. The molecule has 1 N–H and O–H groups in total. The number of piperidine rings is 1. The summed E-state index contributed by atoms with van der Waals surface area (Å²) in [5.74, 6) is 0. The van der Waals surface area contributed by atoms with Gasteiger partial charge in [0.25, 0.3) is 5.54 Å². The number of nitro groups is 2. The quantitative estimate of drug-likeness (QED) is 0.457. The van der Waals surface area contributed by atoms with Crippen LogP contribution < -0.4 is 0 Å². The Morgan fingerprint density at radius 3 is 2.52 bits per heavy atom. The van der Waals surface area contributed by atoms with Gasteiger partial charge in [-0.05, 0) is 13.3 Å². The second-order valence-corrected chi connectivity index (χ2v) is 6.19. The summed E-state index contributed by atoms with van der Waals surface area (Å²) in [5.41, 5.74) is -2.15. The van der Waals surface area contributed by atoms with E-state index in [9.17, 15) is 25.3 Å². The molecule has 0 aromatic rings. The van der Waals surface area contributed by atoms with Crippen molar-refractivity contribution in [2.75, 3.05) is 19.7 Å². The molecule has 0 unspecified atom stereocenters. The van der Waals surface area contributed by atoms with Crippen LogP contribution in [0.25, 0.3) is 0 Å². The zero-order valence-corrected chi connectivity index (χ0v) is 12.3. The summed E-state index contributed by atoms with van der Waals surface area (Å²) in [6.45, 7) is 3.66. The van der Waals surface area contributed by atoms with E-state index in [0.29, 0.717) is 12.0 Å². The van der Waals surface area contributed by atoms with Crippen LogP contribution in [0.5, 0.6) is 0 Å². The Labute approximate surface area is 122 Å². The molecule has 2 rings (SSSR count). The third-order valence-corrected chi connectivity index (χ3v) is 5.04. The van der Waals surface area contributed by atoms with E-state index >= 15 is 0 Å². The van der Waals surface area contributed by atoms with Gasteiger partial charge in [-0.25, -0.2) is 0 Å². The lowest BCUT2D eigenvalue weighted by molar-refractivity contribution is -0.622. The highest BCUT2D eigenvalue weighted by molar-refractivity contribution is 5.25. The molecule has 2 bridgehead atoms. The van der Waals surface area contributed by atoms with E-state index in [0.717, 1.165) is 0 Å². The third kappa shape index (κ3) is 2.32. The average Bonchev–Trinajstić information content (AvgIpc) is 2.44. The summed E-state index contributed by atoms with van der Waals surface area (Å²) >= 11 is 0. The summed E-state index contributed by atoms with van der Waals surface area (Å²) in [6, 6.07) is -0.283. The van der Waals surface area contributed by atoms with Gasteiger partial charge in [-0.15, -0.1) is 0 Å². The van der Waals surface area contributed by atoms with Gasteiger partial charge in [-0.1, -0.05) is 13.0 Å². The van der Waals surface area contributed by atoms with Gasteiger partial charge in [-0.2, -0.15) is 0 Å². The third-order valence-electron chi connectivity index (χ3n) is 5.04. The summed E-state index contributed by atoms with van der Waals surface area (Å²) in [6.07, 6.45) is 2.38. The molecule has 0 spiro atoms. The van der Waals surface area contributed by atoms with E-state index in [-0.39, 0.29) is 48.4 Å². The molecule has 1 fully saturated rings. The predicted octanol–water partition coefficient (Wildman–Crippen LogP) is 0.844. The molecular weight excluding hydrogens is 278 g/mol. The molecule has 1 aliphatic heterocycles. The highest BCUT2D eigenvalue weighted by atomic mass is 16.6. The van der Waals surface area contributed by atoms with Crippen LogP contribution in [0.1, 0.15) is 33.1 Å². The SMILES string of the molecule is CC[C@H](CO)N1C[C@@]2([N+](=O)[O-])CC=C(C)[C@@]([N+](=O)[O-])(C1)C2. The molecule has 0 amide bonds. The van der Waals surface area contributed by atoms with Gasteiger partial charge in [0.15, 0.2) is 0 Å². The topological polar surface area (TPSA) is 110 Å². The van der Waals surface area contributed by atoms with Crippen molar-refractivity contribution in [3.05, 3.63) is 31.9 Å². The Kier molecular flexibility index (Phi) is 4.03. The molecule has 3 atom stereocenters. The number of fused-ring (bicyclic) bond motifs is 2. The number of aliphatic hydroxyl groups excluding tert-OH is 1. The number of nitrogens with zero attached hydrogens (tertiary/aromatic N) is 3. The number of likely N-dealkylation sites (tertiary alicyclic amines) is 1. The maximum absolute atomic E-state index is 11.7. The summed E-state index contributed by atoms with van der Waals surface area (Å²) in [4.78, 5) is 24.2. The molecule has 118 valence electrons. The molecule has 21 heavy (non-hydrogen) atoms. The van der Waals surface area contributed by atoms with Gasteiger partial charge in [0.05, 0.1) is 26.1 Å². The molecule has 8 heteroatoms.